The first-order valence-corrected chi connectivity index (χ1v) is 11.4. The van der Waals surface area contributed by atoms with Gasteiger partial charge in [-0.1, -0.05) is 17.7 Å². The Morgan fingerprint density at radius 2 is 1.93 bits per heavy atom. The molecule has 28 heavy (non-hydrogen) atoms. The summed E-state index contributed by atoms with van der Waals surface area (Å²) in [6.07, 6.45) is 0. The molecule has 1 amide bonds. The van der Waals surface area contributed by atoms with E-state index >= 15 is 0 Å². The first kappa shape index (κ1) is 19.0. The maximum Gasteiger partial charge on any atom is 0.265 e. The highest BCUT2D eigenvalue weighted by molar-refractivity contribution is 7.91. The number of carbonyl (C=O) groups is 1. The number of sulfone groups is 1. The zero-order chi connectivity index (χ0) is 19.9. The molecule has 1 aliphatic rings. The molecule has 144 valence electrons. The summed E-state index contributed by atoms with van der Waals surface area (Å²) >= 11 is 7.25. The average Bonchev–Trinajstić information content (AvgIpc) is 3.07. The number of rotatable bonds is 4. The van der Waals surface area contributed by atoms with E-state index in [1.807, 2.05) is 6.92 Å². The van der Waals surface area contributed by atoms with Crippen molar-refractivity contribution in [2.75, 3.05) is 11.9 Å². The molecule has 0 aliphatic carbocycles. The second kappa shape index (κ2) is 7.24. The van der Waals surface area contributed by atoms with Crippen molar-refractivity contribution in [1.29, 1.82) is 0 Å². The predicted octanol–water partition coefficient (Wildman–Crippen LogP) is 5.01. The van der Waals surface area contributed by atoms with Crippen molar-refractivity contribution >= 4 is 44.4 Å². The van der Waals surface area contributed by atoms with Crippen molar-refractivity contribution in [3.63, 3.8) is 0 Å². The maximum absolute atomic E-state index is 12.7. The first-order valence-electron chi connectivity index (χ1n) is 8.57. The molecule has 0 bridgehead atoms. The van der Waals surface area contributed by atoms with Gasteiger partial charge < -0.3 is 10.1 Å². The van der Waals surface area contributed by atoms with E-state index in [-0.39, 0.29) is 16.6 Å². The zero-order valence-electron chi connectivity index (χ0n) is 14.9. The van der Waals surface area contributed by atoms with Gasteiger partial charge in [-0.05, 0) is 55.0 Å². The highest BCUT2D eigenvalue weighted by Gasteiger charge is 2.31. The Balaban J connectivity index is 1.63. The van der Waals surface area contributed by atoms with Crippen molar-refractivity contribution < 1.29 is 17.9 Å². The third-order valence-electron chi connectivity index (χ3n) is 4.32. The lowest BCUT2D eigenvalue weighted by atomic mass is 10.1. The number of carbonyl (C=O) groups excluding carboxylic acids is 1. The molecule has 3 aromatic rings. The lowest BCUT2D eigenvalue weighted by molar-refractivity contribution is 0.103. The van der Waals surface area contributed by atoms with Crippen LogP contribution in [0.15, 0.2) is 53.4 Å². The summed E-state index contributed by atoms with van der Waals surface area (Å²) in [6.45, 7) is 2.47. The second-order valence-electron chi connectivity index (χ2n) is 6.28. The van der Waals surface area contributed by atoms with Crippen molar-refractivity contribution in [1.82, 2.24) is 0 Å². The fourth-order valence-electron chi connectivity index (χ4n) is 3.09. The Bertz CT molecular complexity index is 1170. The van der Waals surface area contributed by atoms with Crippen LogP contribution in [0.1, 0.15) is 22.2 Å². The van der Waals surface area contributed by atoms with E-state index in [0.29, 0.717) is 33.3 Å². The van der Waals surface area contributed by atoms with Crippen LogP contribution >= 0.6 is 22.9 Å². The summed E-state index contributed by atoms with van der Waals surface area (Å²) in [4.78, 5) is 14.1. The Morgan fingerprint density at radius 1 is 1.18 bits per heavy atom. The fraction of sp³-hybridized carbons (Fsp3) is 0.150. The van der Waals surface area contributed by atoms with Gasteiger partial charge in [-0.2, -0.15) is 0 Å². The van der Waals surface area contributed by atoms with Gasteiger partial charge in [0.25, 0.3) is 5.91 Å². The van der Waals surface area contributed by atoms with Crippen molar-refractivity contribution in [2.45, 2.75) is 17.6 Å². The number of halogens is 1. The van der Waals surface area contributed by atoms with Crippen molar-refractivity contribution in [3.05, 3.63) is 64.0 Å². The molecular weight excluding hydrogens is 418 g/mol. The van der Waals surface area contributed by atoms with Crippen LogP contribution in [0, 0.1) is 0 Å². The summed E-state index contributed by atoms with van der Waals surface area (Å²) in [6, 6.07) is 13.6. The Kier molecular flexibility index (Phi) is 4.91. The normalized spacial score (nSPS) is 14.1. The highest BCUT2D eigenvalue weighted by atomic mass is 35.5. The van der Waals surface area contributed by atoms with Crippen LogP contribution in [0.2, 0.25) is 5.02 Å². The minimum absolute atomic E-state index is 0.136. The van der Waals surface area contributed by atoms with E-state index in [2.05, 4.69) is 5.32 Å². The number of thiophene rings is 1. The molecule has 0 atom stereocenters. The van der Waals surface area contributed by atoms with Crippen molar-refractivity contribution in [2.24, 2.45) is 0 Å². The van der Waals surface area contributed by atoms with E-state index in [0.717, 1.165) is 10.6 Å². The molecule has 0 fully saturated rings. The van der Waals surface area contributed by atoms with E-state index in [4.69, 9.17) is 16.3 Å². The quantitative estimate of drug-likeness (QED) is 0.627. The standard InChI is InChI=1S/C20H16ClNO4S2/c1-2-26-15-6-4-14(5-7-15)22-20(23)17-9-12-11-28(24,25)18-10-13(21)3-8-16(18)19(12)27-17/h3-10H,2,11H2,1H3,(H,22,23). The Hall–Kier alpha value is -2.35. The van der Waals surface area contributed by atoms with Gasteiger partial charge in [0.15, 0.2) is 9.84 Å². The Labute approximate surface area is 171 Å². The molecule has 0 saturated heterocycles. The molecule has 0 radical (unpaired) electrons. The number of fused-ring (bicyclic) bond motifs is 3. The minimum atomic E-state index is -3.48. The summed E-state index contributed by atoms with van der Waals surface area (Å²) in [5.74, 6) is 0.312. The smallest absolute Gasteiger partial charge is 0.265 e. The molecule has 0 saturated carbocycles. The minimum Gasteiger partial charge on any atom is -0.494 e. The molecule has 1 aromatic heterocycles. The molecule has 1 N–H and O–H groups in total. The third-order valence-corrected chi connectivity index (χ3v) is 7.47. The molecule has 8 heteroatoms. The van der Waals surface area contributed by atoms with Gasteiger partial charge in [-0.15, -0.1) is 11.3 Å². The van der Waals surface area contributed by atoms with E-state index in [1.165, 1.54) is 17.4 Å². The van der Waals surface area contributed by atoms with Crippen molar-refractivity contribution in [3.8, 4) is 16.2 Å². The van der Waals surface area contributed by atoms with Gasteiger partial charge in [0.05, 0.1) is 22.1 Å². The summed E-state index contributed by atoms with van der Waals surface area (Å²) < 4.78 is 30.5. The molecule has 2 aromatic carbocycles. The van der Waals surface area contributed by atoms with Crippen LogP contribution < -0.4 is 10.1 Å². The summed E-state index contributed by atoms with van der Waals surface area (Å²) in [5, 5.41) is 3.21. The second-order valence-corrected chi connectivity index (χ2v) is 9.72. The molecule has 5 nitrogen and oxygen atoms in total. The number of hydrogen-bond donors (Lipinski definition) is 1. The highest BCUT2D eigenvalue weighted by Crippen LogP contribution is 2.43. The number of hydrogen-bond acceptors (Lipinski definition) is 5. The number of amides is 1. The number of ether oxygens (including phenoxy) is 1. The molecule has 0 spiro atoms. The van der Waals surface area contributed by atoms with Crippen LogP contribution in [0.4, 0.5) is 5.69 Å². The third kappa shape index (κ3) is 3.53. The largest absolute Gasteiger partial charge is 0.494 e. The van der Waals surface area contributed by atoms with Gasteiger partial charge in [-0.3, -0.25) is 4.79 Å². The van der Waals surface area contributed by atoms with Crippen LogP contribution in [-0.2, 0) is 15.6 Å². The van der Waals surface area contributed by atoms with E-state index < -0.39 is 9.84 Å². The SMILES string of the molecule is CCOc1ccc(NC(=O)c2cc3c(s2)-c2ccc(Cl)cc2S(=O)(=O)C3)cc1. The fourth-order valence-corrected chi connectivity index (χ4v) is 6.21. The monoisotopic (exact) mass is 433 g/mol. The maximum atomic E-state index is 12.7. The topological polar surface area (TPSA) is 72.5 Å². The number of benzene rings is 2. The van der Waals surface area contributed by atoms with Crippen LogP contribution in [0.3, 0.4) is 0 Å². The van der Waals surface area contributed by atoms with E-state index in [9.17, 15) is 13.2 Å². The van der Waals surface area contributed by atoms with Gasteiger partial charge in [0.1, 0.15) is 5.75 Å². The van der Waals surface area contributed by atoms with Crippen LogP contribution in [-0.4, -0.2) is 20.9 Å². The Morgan fingerprint density at radius 3 is 2.64 bits per heavy atom. The predicted molar refractivity (Wildman–Crippen MR) is 111 cm³/mol. The molecule has 4 rings (SSSR count). The lowest BCUT2D eigenvalue weighted by Gasteiger charge is -2.16. The van der Waals surface area contributed by atoms with Gasteiger partial charge >= 0.3 is 0 Å². The molecule has 1 aliphatic heterocycles. The van der Waals surface area contributed by atoms with Gasteiger partial charge in [0.2, 0.25) is 0 Å². The molecular formula is C20H16ClNO4S2. The molecule has 2 heterocycles. The number of nitrogens with one attached hydrogen (secondary N) is 1. The first-order chi connectivity index (χ1) is 13.4. The summed E-state index contributed by atoms with van der Waals surface area (Å²) in [7, 11) is -3.48. The number of anilines is 1. The summed E-state index contributed by atoms with van der Waals surface area (Å²) in [5.41, 5.74) is 1.87. The van der Waals surface area contributed by atoms with Crippen LogP contribution in [0.5, 0.6) is 5.75 Å². The van der Waals surface area contributed by atoms with Gasteiger partial charge in [-0.25, -0.2) is 8.42 Å². The van der Waals surface area contributed by atoms with Crippen LogP contribution in [0.25, 0.3) is 10.4 Å². The molecule has 0 unspecified atom stereocenters. The van der Waals surface area contributed by atoms with E-state index in [1.54, 1.807) is 42.5 Å². The zero-order valence-corrected chi connectivity index (χ0v) is 17.2. The van der Waals surface area contributed by atoms with Gasteiger partial charge in [0, 0.05) is 21.2 Å². The average molecular weight is 434 g/mol. The lowest BCUT2D eigenvalue weighted by Crippen LogP contribution is -2.11.